The summed E-state index contributed by atoms with van der Waals surface area (Å²) in [5, 5.41) is 0. The van der Waals surface area contributed by atoms with Gasteiger partial charge in [-0.05, 0) is 62.7 Å². The number of hydrogen-bond donors (Lipinski definition) is 0. The van der Waals surface area contributed by atoms with Gasteiger partial charge in [0, 0.05) is 26.7 Å². The number of methoxy groups -OCH3 is 1. The summed E-state index contributed by atoms with van der Waals surface area (Å²) in [6.45, 7) is 8.39. The Morgan fingerprint density at radius 3 is 2.57 bits per heavy atom. The standard InChI is InChI=1S/C20H32N2O/c1-23-16-15-22-13-6-10-20(18-22)11-14-21(17-20)12-5-9-19-7-3-2-4-8-19/h2-4,7-8H,5-6,9-18H2,1H3/t20-/m1/s1. The van der Waals surface area contributed by atoms with Gasteiger partial charge in [-0.1, -0.05) is 30.3 Å². The quantitative estimate of drug-likeness (QED) is 0.769. The maximum absolute atomic E-state index is 5.26. The Hall–Kier alpha value is -0.900. The van der Waals surface area contributed by atoms with Crippen LogP contribution in [0.15, 0.2) is 30.3 Å². The van der Waals surface area contributed by atoms with Crippen molar-refractivity contribution in [3.63, 3.8) is 0 Å². The summed E-state index contributed by atoms with van der Waals surface area (Å²) in [6, 6.07) is 10.9. The summed E-state index contributed by atoms with van der Waals surface area (Å²) in [4.78, 5) is 5.34. The van der Waals surface area contributed by atoms with Crippen LogP contribution < -0.4 is 0 Å². The predicted octanol–water partition coefficient (Wildman–Crippen LogP) is 3.05. The van der Waals surface area contributed by atoms with Gasteiger partial charge < -0.3 is 14.5 Å². The van der Waals surface area contributed by atoms with E-state index in [0.29, 0.717) is 5.41 Å². The molecule has 3 nitrogen and oxygen atoms in total. The van der Waals surface area contributed by atoms with E-state index in [1.807, 2.05) is 7.11 Å². The molecule has 1 aromatic carbocycles. The highest BCUT2D eigenvalue weighted by Gasteiger charge is 2.40. The van der Waals surface area contributed by atoms with Gasteiger partial charge in [-0.25, -0.2) is 0 Å². The van der Waals surface area contributed by atoms with Crippen molar-refractivity contribution >= 4 is 0 Å². The third-order valence-electron chi connectivity index (χ3n) is 5.65. The van der Waals surface area contributed by atoms with E-state index >= 15 is 0 Å². The van der Waals surface area contributed by atoms with Crippen LogP contribution in [0.25, 0.3) is 0 Å². The molecule has 0 radical (unpaired) electrons. The molecule has 0 bridgehead atoms. The predicted molar refractivity (Wildman–Crippen MR) is 95.8 cm³/mol. The van der Waals surface area contributed by atoms with Crippen molar-refractivity contribution in [3.8, 4) is 0 Å². The molecule has 2 fully saturated rings. The number of rotatable bonds is 7. The van der Waals surface area contributed by atoms with Gasteiger partial charge in [-0.3, -0.25) is 0 Å². The van der Waals surface area contributed by atoms with Crippen LogP contribution in [0.1, 0.15) is 31.2 Å². The van der Waals surface area contributed by atoms with Gasteiger partial charge in [0.1, 0.15) is 0 Å². The zero-order chi connectivity index (χ0) is 16.0. The summed E-state index contributed by atoms with van der Waals surface area (Å²) in [5.41, 5.74) is 2.04. The molecule has 2 saturated heterocycles. The highest BCUT2D eigenvalue weighted by Crippen LogP contribution is 2.38. The van der Waals surface area contributed by atoms with Crippen molar-refractivity contribution in [1.82, 2.24) is 9.80 Å². The molecule has 2 heterocycles. The topological polar surface area (TPSA) is 15.7 Å². The number of nitrogens with zero attached hydrogens (tertiary/aromatic N) is 2. The van der Waals surface area contributed by atoms with Gasteiger partial charge in [-0.15, -0.1) is 0 Å². The lowest BCUT2D eigenvalue weighted by atomic mass is 9.79. The minimum atomic E-state index is 0.568. The molecule has 0 aliphatic carbocycles. The molecule has 3 rings (SSSR count). The summed E-state index contributed by atoms with van der Waals surface area (Å²) < 4.78 is 5.26. The SMILES string of the molecule is COCCN1CCC[C@]2(CCN(CCCc3ccccc3)C2)C1. The number of benzene rings is 1. The fourth-order valence-electron chi connectivity index (χ4n) is 4.42. The van der Waals surface area contributed by atoms with Crippen LogP contribution in [0.5, 0.6) is 0 Å². The number of ether oxygens (including phenoxy) is 1. The Morgan fingerprint density at radius 2 is 1.78 bits per heavy atom. The molecule has 1 aromatic rings. The second kappa shape index (κ2) is 8.27. The summed E-state index contributed by atoms with van der Waals surface area (Å²) in [7, 11) is 1.81. The molecule has 128 valence electrons. The van der Waals surface area contributed by atoms with Crippen LogP contribution in [0, 0.1) is 5.41 Å². The third kappa shape index (κ3) is 4.79. The van der Waals surface area contributed by atoms with Crippen LogP contribution in [0.2, 0.25) is 0 Å². The average molecular weight is 316 g/mol. The van der Waals surface area contributed by atoms with Gasteiger partial charge in [0.05, 0.1) is 6.61 Å². The normalized spacial score (nSPS) is 26.1. The van der Waals surface area contributed by atoms with Gasteiger partial charge in [0.25, 0.3) is 0 Å². The van der Waals surface area contributed by atoms with Crippen molar-refractivity contribution in [3.05, 3.63) is 35.9 Å². The number of piperidine rings is 1. The van der Waals surface area contributed by atoms with E-state index in [2.05, 4.69) is 40.1 Å². The molecular weight excluding hydrogens is 284 g/mol. The van der Waals surface area contributed by atoms with Gasteiger partial charge in [0.15, 0.2) is 0 Å². The average Bonchev–Trinajstić information content (AvgIpc) is 2.96. The lowest BCUT2D eigenvalue weighted by molar-refractivity contribution is 0.0678. The van der Waals surface area contributed by atoms with Gasteiger partial charge in [0.2, 0.25) is 0 Å². The first-order chi connectivity index (χ1) is 11.3. The zero-order valence-electron chi connectivity index (χ0n) is 14.7. The Bertz CT molecular complexity index is 464. The number of likely N-dealkylation sites (tertiary alicyclic amines) is 2. The first kappa shape index (κ1) is 16.9. The maximum Gasteiger partial charge on any atom is 0.0589 e. The summed E-state index contributed by atoms with van der Waals surface area (Å²) in [6.07, 6.45) is 6.67. The van der Waals surface area contributed by atoms with E-state index in [9.17, 15) is 0 Å². The second-order valence-corrected chi connectivity index (χ2v) is 7.49. The lowest BCUT2D eigenvalue weighted by Crippen LogP contribution is -2.45. The van der Waals surface area contributed by atoms with E-state index in [0.717, 1.165) is 13.2 Å². The third-order valence-corrected chi connectivity index (χ3v) is 5.65. The van der Waals surface area contributed by atoms with Crippen LogP contribution in [0.4, 0.5) is 0 Å². The number of aryl methyl sites for hydroxylation is 1. The molecular formula is C20H32N2O. The van der Waals surface area contributed by atoms with E-state index in [1.165, 1.54) is 70.4 Å². The molecule has 0 unspecified atom stereocenters. The minimum Gasteiger partial charge on any atom is -0.383 e. The first-order valence-electron chi connectivity index (χ1n) is 9.27. The molecule has 2 aliphatic rings. The first-order valence-corrected chi connectivity index (χ1v) is 9.27. The molecule has 0 saturated carbocycles. The molecule has 2 aliphatic heterocycles. The van der Waals surface area contributed by atoms with Crippen LogP contribution >= 0.6 is 0 Å². The second-order valence-electron chi connectivity index (χ2n) is 7.49. The van der Waals surface area contributed by atoms with Crippen molar-refractivity contribution in [2.24, 2.45) is 5.41 Å². The summed E-state index contributed by atoms with van der Waals surface area (Å²) >= 11 is 0. The van der Waals surface area contributed by atoms with E-state index in [-0.39, 0.29) is 0 Å². The Balaban J connectivity index is 1.42. The maximum atomic E-state index is 5.26. The van der Waals surface area contributed by atoms with E-state index in [1.54, 1.807) is 0 Å². The molecule has 0 aromatic heterocycles. The Kier molecular flexibility index (Phi) is 6.09. The molecule has 3 heteroatoms. The Morgan fingerprint density at radius 1 is 1.00 bits per heavy atom. The van der Waals surface area contributed by atoms with Crippen molar-refractivity contribution in [1.29, 1.82) is 0 Å². The molecule has 0 amide bonds. The zero-order valence-corrected chi connectivity index (χ0v) is 14.7. The van der Waals surface area contributed by atoms with E-state index in [4.69, 9.17) is 4.74 Å². The summed E-state index contributed by atoms with van der Waals surface area (Å²) in [5.74, 6) is 0. The van der Waals surface area contributed by atoms with Crippen molar-refractivity contribution < 1.29 is 4.74 Å². The van der Waals surface area contributed by atoms with Crippen LogP contribution in [0.3, 0.4) is 0 Å². The molecule has 1 spiro atoms. The fraction of sp³-hybridized carbons (Fsp3) is 0.700. The highest BCUT2D eigenvalue weighted by molar-refractivity contribution is 5.14. The molecule has 23 heavy (non-hydrogen) atoms. The molecule has 1 atom stereocenters. The fourth-order valence-corrected chi connectivity index (χ4v) is 4.42. The smallest absolute Gasteiger partial charge is 0.0589 e. The van der Waals surface area contributed by atoms with E-state index < -0.39 is 0 Å². The minimum absolute atomic E-state index is 0.568. The van der Waals surface area contributed by atoms with Crippen LogP contribution in [-0.4, -0.2) is 62.8 Å². The highest BCUT2D eigenvalue weighted by atomic mass is 16.5. The monoisotopic (exact) mass is 316 g/mol. The largest absolute Gasteiger partial charge is 0.383 e. The molecule has 0 N–H and O–H groups in total. The van der Waals surface area contributed by atoms with Crippen LogP contribution in [-0.2, 0) is 11.2 Å². The Labute approximate surface area is 141 Å². The number of hydrogen-bond acceptors (Lipinski definition) is 3. The van der Waals surface area contributed by atoms with Gasteiger partial charge >= 0.3 is 0 Å². The van der Waals surface area contributed by atoms with Crippen molar-refractivity contribution in [2.75, 3.05) is 53.0 Å². The lowest BCUT2D eigenvalue weighted by Gasteiger charge is -2.40. The van der Waals surface area contributed by atoms with Gasteiger partial charge in [-0.2, -0.15) is 0 Å². The van der Waals surface area contributed by atoms with Crippen molar-refractivity contribution in [2.45, 2.75) is 32.1 Å².